The van der Waals surface area contributed by atoms with E-state index in [4.69, 9.17) is 21.7 Å². The minimum Gasteiger partial charge on any atom is -0.493 e. The molecule has 0 atom stereocenters. The molecular formula is C25H18Br2N2O4S2. The Bertz CT molecular complexity index is 1330. The lowest BCUT2D eigenvalue weighted by atomic mass is 10.1. The third-order valence-corrected chi connectivity index (χ3v) is 7.25. The van der Waals surface area contributed by atoms with Crippen molar-refractivity contribution in [3.63, 3.8) is 0 Å². The largest absolute Gasteiger partial charge is 0.493 e. The van der Waals surface area contributed by atoms with Crippen LogP contribution in [0.25, 0.3) is 6.08 Å². The molecule has 1 aliphatic heterocycles. The number of thioether (sulfide) groups is 1. The second kappa shape index (κ2) is 11.4. The van der Waals surface area contributed by atoms with Crippen molar-refractivity contribution in [3.05, 3.63) is 97.3 Å². The third kappa shape index (κ3) is 6.13. The molecule has 178 valence electrons. The lowest BCUT2D eigenvalue weighted by molar-refractivity contribution is -0.123. The number of hydrazine groups is 1. The van der Waals surface area contributed by atoms with E-state index in [1.54, 1.807) is 43.5 Å². The number of hydrogen-bond acceptors (Lipinski definition) is 6. The Morgan fingerprint density at radius 1 is 1.11 bits per heavy atom. The minimum atomic E-state index is -0.417. The number of nitrogens with one attached hydrogen (secondary N) is 1. The zero-order valence-electron chi connectivity index (χ0n) is 18.3. The maximum Gasteiger partial charge on any atom is 0.285 e. The van der Waals surface area contributed by atoms with Crippen LogP contribution in [0.1, 0.15) is 21.5 Å². The predicted octanol–water partition coefficient (Wildman–Crippen LogP) is 6.35. The van der Waals surface area contributed by atoms with Crippen LogP contribution >= 0.6 is 55.8 Å². The molecule has 1 aliphatic rings. The van der Waals surface area contributed by atoms with Crippen LogP contribution in [0.4, 0.5) is 0 Å². The zero-order valence-corrected chi connectivity index (χ0v) is 23.1. The molecule has 1 fully saturated rings. The molecule has 0 radical (unpaired) electrons. The monoisotopic (exact) mass is 632 g/mol. The number of carbonyl (C=O) groups excluding carboxylic acids is 2. The normalized spacial score (nSPS) is 14.4. The first kappa shape index (κ1) is 25.4. The maximum atomic E-state index is 12.9. The van der Waals surface area contributed by atoms with Crippen molar-refractivity contribution in [3.8, 4) is 11.5 Å². The summed E-state index contributed by atoms with van der Waals surface area (Å²) in [5.41, 5.74) is 4.71. The topological polar surface area (TPSA) is 67.9 Å². The van der Waals surface area contributed by atoms with Gasteiger partial charge in [-0.3, -0.25) is 15.0 Å². The summed E-state index contributed by atoms with van der Waals surface area (Å²) in [6, 6.07) is 20.1. The Hall–Kier alpha value is -2.66. The maximum absolute atomic E-state index is 12.9. The quantitative estimate of drug-likeness (QED) is 0.242. The average molecular weight is 634 g/mol. The highest BCUT2D eigenvalue weighted by molar-refractivity contribution is 9.10. The van der Waals surface area contributed by atoms with Gasteiger partial charge >= 0.3 is 0 Å². The molecule has 4 rings (SSSR count). The van der Waals surface area contributed by atoms with Gasteiger partial charge in [0.15, 0.2) is 15.8 Å². The summed E-state index contributed by atoms with van der Waals surface area (Å²) in [6.07, 6.45) is 1.69. The lowest BCUT2D eigenvalue weighted by Crippen LogP contribution is -2.44. The van der Waals surface area contributed by atoms with Gasteiger partial charge in [0.2, 0.25) is 0 Å². The number of benzene rings is 3. The van der Waals surface area contributed by atoms with Gasteiger partial charge in [0, 0.05) is 10.0 Å². The van der Waals surface area contributed by atoms with Crippen molar-refractivity contribution < 1.29 is 19.1 Å². The van der Waals surface area contributed by atoms with Gasteiger partial charge in [0.1, 0.15) is 6.61 Å². The van der Waals surface area contributed by atoms with Gasteiger partial charge in [-0.05, 0) is 81.7 Å². The summed E-state index contributed by atoms with van der Waals surface area (Å²) in [7, 11) is 1.55. The summed E-state index contributed by atoms with van der Waals surface area (Å²) in [5.74, 6) is 0.231. The number of rotatable bonds is 7. The highest BCUT2D eigenvalue weighted by Gasteiger charge is 2.34. The van der Waals surface area contributed by atoms with Gasteiger partial charge < -0.3 is 9.47 Å². The van der Waals surface area contributed by atoms with Crippen molar-refractivity contribution in [1.29, 1.82) is 0 Å². The van der Waals surface area contributed by atoms with Gasteiger partial charge in [-0.25, -0.2) is 0 Å². The second-order valence-electron chi connectivity index (χ2n) is 7.28. The molecule has 1 heterocycles. The Labute approximate surface area is 228 Å². The van der Waals surface area contributed by atoms with Crippen LogP contribution in [-0.2, 0) is 11.4 Å². The number of ether oxygens (including phenoxy) is 2. The van der Waals surface area contributed by atoms with Crippen molar-refractivity contribution in [2.24, 2.45) is 0 Å². The number of methoxy groups -OCH3 is 1. The van der Waals surface area contributed by atoms with E-state index in [1.165, 1.54) is 0 Å². The first-order valence-electron chi connectivity index (χ1n) is 10.2. The fourth-order valence-corrected chi connectivity index (χ4v) is 5.42. The van der Waals surface area contributed by atoms with Gasteiger partial charge in [0.05, 0.1) is 16.5 Å². The molecule has 6 nitrogen and oxygen atoms in total. The van der Waals surface area contributed by atoms with Crippen molar-refractivity contribution in [2.75, 3.05) is 7.11 Å². The Balaban J connectivity index is 1.51. The zero-order chi connectivity index (χ0) is 24.9. The SMILES string of the molecule is COc1cc(/C=C2/SC(=S)N(NC(=O)c3ccccc3)C2=O)cc(Br)c1OCc1cccc(Br)c1. The summed E-state index contributed by atoms with van der Waals surface area (Å²) >= 11 is 13.4. The van der Waals surface area contributed by atoms with E-state index < -0.39 is 11.8 Å². The smallest absolute Gasteiger partial charge is 0.285 e. The molecule has 0 bridgehead atoms. The lowest BCUT2D eigenvalue weighted by Gasteiger charge is -2.15. The van der Waals surface area contributed by atoms with Gasteiger partial charge in [0.25, 0.3) is 11.8 Å². The standard InChI is InChI=1S/C25H18Br2N2O4S2/c1-32-20-12-16(11-19(27)22(20)33-14-15-6-5-9-18(26)10-15)13-21-24(31)29(25(34)35-21)28-23(30)17-7-3-2-4-8-17/h2-13H,14H2,1H3,(H,28,30)/b21-13+. The van der Waals surface area contributed by atoms with Crippen LogP contribution in [-0.4, -0.2) is 28.3 Å². The van der Waals surface area contributed by atoms with E-state index in [0.717, 1.165) is 26.8 Å². The molecule has 1 N–H and O–H groups in total. The Kier molecular flexibility index (Phi) is 8.27. The second-order valence-corrected chi connectivity index (χ2v) is 10.7. The molecule has 3 aromatic rings. The molecule has 35 heavy (non-hydrogen) atoms. The number of halogens is 2. The van der Waals surface area contributed by atoms with Gasteiger partial charge in [-0.2, -0.15) is 5.01 Å². The van der Waals surface area contributed by atoms with E-state index in [0.29, 0.717) is 38.6 Å². The summed E-state index contributed by atoms with van der Waals surface area (Å²) < 4.78 is 13.4. The molecule has 0 spiro atoms. The van der Waals surface area contributed by atoms with Crippen LogP contribution in [0.5, 0.6) is 11.5 Å². The number of amides is 2. The van der Waals surface area contributed by atoms with E-state index in [2.05, 4.69) is 37.3 Å². The minimum absolute atomic E-state index is 0.241. The van der Waals surface area contributed by atoms with Crippen LogP contribution in [0.15, 0.2) is 80.6 Å². The fourth-order valence-electron chi connectivity index (χ4n) is 3.22. The summed E-state index contributed by atoms with van der Waals surface area (Å²) in [4.78, 5) is 25.8. The molecule has 0 unspecified atom stereocenters. The Morgan fingerprint density at radius 2 is 1.89 bits per heavy atom. The van der Waals surface area contributed by atoms with Crippen LogP contribution < -0.4 is 14.9 Å². The fraction of sp³-hybridized carbons (Fsp3) is 0.0800. The number of carbonyl (C=O) groups is 2. The molecule has 0 saturated carbocycles. The van der Waals surface area contributed by atoms with Gasteiger partial charge in [-0.15, -0.1) is 0 Å². The Morgan fingerprint density at radius 3 is 2.60 bits per heavy atom. The predicted molar refractivity (Wildman–Crippen MR) is 148 cm³/mol. The molecule has 0 aromatic heterocycles. The molecule has 2 amide bonds. The first-order valence-corrected chi connectivity index (χ1v) is 13.1. The number of nitrogens with zero attached hydrogens (tertiary/aromatic N) is 1. The first-order chi connectivity index (χ1) is 16.9. The molecule has 0 aliphatic carbocycles. The van der Waals surface area contributed by atoms with E-state index >= 15 is 0 Å². The average Bonchev–Trinajstić information content (AvgIpc) is 3.10. The number of hydrogen-bond donors (Lipinski definition) is 1. The highest BCUT2D eigenvalue weighted by Crippen LogP contribution is 2.39. The molecule has 3 aromatic carbocycles. The third-order valence-electron chi connectivity index (χ3n) is 4.86. The van der Waals surface area contributed by atoms with Crippen LogP contribution in [0, 0.1) is 0 Å². The van der Waals surface area contributed by atoms with E-state index in [-0.39, 0.29) is 4.32 Å². The molecule has 1 saturated heterocycles. The van der Waals surface area contributed by atoms with Gasteiger partial charge in [-0.1, -0.05) is 58.0 Å². The van der Waals surface area contributed by atoms with E-state index in [9.17, 15) is 9.59 Å². The van der Waals surface area contributed by atoms with Crippen molar-refractivity contribution >= 4 is 78.1 Å². The summed E-state index contributed by atoms with van der Waals surface area (Å²) in [5, 5.41) is 1.09. The molecule has 10 heteroatoms. The highest BCUT2D eigenvalue weighted by atomic mass is 79.9. The van der Waals surface area contributed by atoms with Crippen LogP contribution in [0.3, 0.4) is 0 Å². The van der Waals surface area contributed by atoms with Crippen LogP contribution in [0.2, 0.25) is 0 Å². The summed E-state index contributed by atoms with van der Waals surface area (Å²) in [6.45, 7) is 0.355. The molecular weight excluding hydrogens is 616 g/mol. The number of thiocarbonyl (C=S) groups is 1. The van der Waals surface area contributed by atoms with Crippen molar-refractivity contribution in [2.45, 2.75) is 6.61 Å². The van der Waals surface area contributed by atoms with Crippen molar-refractivity contribution in [1.82, 2.24) is 10.4 Å². The van der Waals surface area contributed by atoms with E-state index in [1.807, 2.05) is 36.4 Å².